The largest absolute Gasteiger partial charge is 0.335 e. The molecule has 0 aromatic carbocycles. The Hall–Kier alpha value is -1.01. The standard InChI is InChI=1S/C11H20N2O/c1-5-8-12(3)9-6-7-10-13(4)11(2)14/h5,8-10H2,1-4H3. The van der Waals surface area contributed by atoms with Gasteiger partial charge in [-0.15, -0.1) is 0 Å². The van der Waals surface area contributed by atoms with Crippen molar-refractivity contribution in [1.82, 2.24) is 9.80 Å². The van der Waals surface area contributed by atoms with Crippen LogP contribution in [-0.4, -0.2) is 49.4 Å². The van der Waals surface area contributed by atoms with E-state index in [0.29, 0.717) is 6.54 Å². The topological polar surface area (TPSA) is 23.6 Å². The predicted octanol–water partition coefficient (Wildman–Crippen LogP) is 0.810. The summed E-state index contributed by atoms with van der Waals surface area (Å²) in [4.78, 5) is 14.6. The highest BCUT2D eigenvalue weighted by Crippen LogP contribution is 1.84. The van der Waals surface area contributed by atoms with E-state index < -0.39 is 0 Å². The molecule has 0 aliphatic heterocycles. The minimum Gasteiger partial charge on any atom is -0.335 e. The molecule has 0 heterocycles. The van der Waals surface area contributed by atoms with Gasteiger partial charge in [-0.1, -0.05) is 18.8 Å². The molecular weight excluding hydrogens is 176 g/mol. The molecule has 3 heteroatoms. The first-order valence-electron chi connectivity index (χ1n) is 4.94. The molecule has 1 amide bonds. The lowest BCUT2D eigenvalue weighted by molar-refractivity contribution is -0.126. The van der Waals surface area contributed by atoms with E-state index in [1.54, 1.807) is 18.9 Å². The normalized spacial score (nSPS) is 9.50. The summed E-state index contributed by atoms with van der Waals surface area (Å²) in [5.74, 6) is 6.06. The lowest BCUT2D eigenvalue weighted by Gasteiger charge is -2.11. The molecule has 80 valence electrons. The maximum atomic E-state index is 10.8. The van der Waals surface area contributed by atoms with Crippen LogP contribution in [0.25, 0.3) is 0 Å². The van der Waals surface area contributed by atoms with Crippen molar-refractivity contribution in [1.29, 1.82) is 0 Å². The van der Waals surface area contributed by atoms with Gasteiger partial charge in [0.25, 0.3) is 0 Å². The summed E-state index contributed by atoms with van der Waals surface area (Å²) in [7, 11) is 3.81. The van der Waals surface area contributed by atoms with Crippen LogP contribution in [0.15, 0.2) is 0 Å². The number of nitrogens with zero attached hydrogens (tertiary/aromatic N) is 2. The summed E-state index contributed by atoms with van der Waals surface area (Å²) in [6.45, 7) is 6.06. The van der Waals surface area contributed by atoms with Gasteiger partial charge in [0, 0.05) is 14.0 Å². The summed E-state index contributed by atoms with van der Waals surface area (Å²) in [6.07, 6.45) is 1.14. The maximum Gasteiger partial charge on any atom is 0.219 e. The second-order valence-corrected chi connectivity index (χ2v) is 3.47. The summed E-state index contributed by atoms with van der Waals surface area (Å²) in [6, 6.07) is 0. The Morgan fingerprint density at radius 3 is 2.29 bits per heavy atom. The van der Waals surface area contributed by atoms with Crippen LogP contribution >= 0.6 is 0 Å². The van der Waals surface area contributed by atoms with Gasteiger partial charge < -0.3 is 4.90 Å². The molecule has 0 aromatic heterocycles. The van der Waals surface area contributed by atoms with Crippen LogP contribution in [0.4, 0.5) is 0 Å². The molecule has 0 fully saturated rings. The van der Waals surface area contributed by atoms with Crippen LogP contribution in [0, 0.1) is 11.8 Å². The molecule has 0 aliphatic carbocycles. The van der Waals surface area contributed by atoms with Gasteiger partial charge in [-0.05, 0) is 20.0 Å². The molecule has 0 atom stereocenters. The zero-order valence-electron chi connectivity index (χ0n) is 9.63. The van der Waals surface area contributed by atoms with Crippen molar-refractivity contribution in [2.24, 2.45) is 0 Å². The molecule has 0 aromatic rings. The summed E-state index contributed by atoms with van der Waals surface area (Å²) in [5, 5.41) is 0. The Kier molecular flexibility index (Phi) is 6.87. The molecule has 0 saturated carbocycles. The van der Waals surface area contributed by atoms with E-state index in [-0.39, 0.29) is 5.91 Å². The Balaban J connectivity index is 3.67. The van der Waals surface area contributed by atoms with Gasteiger partial charge in [0.1, 0.15) is 0 Å². The van der Waals surface area contributed by atoms with Gasteiger partial charge in [-0.3, -0.25) is 9.69 Å². The first-order valence-corrected chi connectivity index (χ1v) is 4.94. The van der Waals surface area contributed by atoms with Gasteiger partial charge in [0.15, 0.2) is 0 Å². The van der Waals surface area contributed by atoms with Gasteiger partial charge >= 0.3 is 0 Å². The average molecular weight is 196 g/mol. The molecule has 3 nitrogen and oxygen atoms in total. The maximum absolute atomic E-state index is 10.8. The lowest BCUT2D eigenvalue weighted by Crippen LogP contribution is -2.24. The van der Waals surface area contributed by atoms with Crippen LogP contribution in [0.2, 0.25) is 0 Å². The number of amides is 1. The SMILES string of the molecule is CCCN(C)CC#CCN(C)C(C)=O. The van der Waals surface area contributed by atoms with E-state index in [0.717, 1.165) is 19.5 Å². The molecule has 0 saturated heterocycles. The predicted molar refractivity (Wildman–Crippen MR) is 58.9 cm³/mol. The molecule has 0 rings (SSSR count). The molecule has 0 bridgehead atoms. The molecular formula is C11H20N2O. The Bertz CT molecular complexity index is 227. The monoisotopic (exact) mass is 196 g/mol. The molecule has 0 radical (unpaired) electrons. The summed E-state index contributed by atoms with van der Waals surface area (Å²) in [5.41, 5.74) is 0. The number of carbonyl (C=O) groups excluding carboxylic acids is 1. The van der Waals surface area contributed by atoms with Crippen LogP contribution in [-0.2, 0) is 4.79 Å². The van der Waals surface area contributed by atoms with Crippen LogP contribution in [0.5, 0.6) is 0 Å². The minimum absolute atomic E-state index is 0.0567. The van der Waals surface area contributed by atoms with E-state index in [2.05, 4.69) is 23.7 Å². The Morgan fingerprint density at radius 2 is 1.79 bits per heavy atom. The van der Waals surface area contributed by atoms with Crippen LogP contribution in [0.1, 0.15) is 20.3 Å². The number of carbonyl (C=O) groups is 1. The lowest BCUT2D eigenvalue weighted by atomic mass is 10.4. The molecule has 0 spiro atoms. The highest BCUT2D eigenvalue weighted by Gasteiger charge is 1.97. The highest BCUT2D eigenvalue weighted by molar-refractivity contribution is 5.73. The molecule has 0 aliphatic rings. The number of hydrogen-bond acceptors (Lipinski definition) is 2. The average Bonchev–Trinajstić information content (AvgIpc) is 2.12. The fourth-order valence-corrected chi connectivity index (χ4v) is 0.937. The second kappa shape index (κ2) is 7.40. The van der Waals surface area contributed by atoms with Crippen molar-refractivity contribution in [3.63, 3.8) is 0 Å². The first-order chi connectivity index (χ1) is 6.57. The smallest absolute Gasteiger partial charge is 0.219 e. The summed E-state index contributed by atoms with van der Waals surface area (Å²) < 4.78 is 0. The number of rotatable bonds is 4. The third-order valence-corrected chi connectivity index (χ3v) is 1.93. The van der Waals surface area contributed by atoms with E-state index >= 15 is 0 Å². The van der Waals surface area contributed by atoms with Crippen molar-refractivity contribution < 1.29 is 4.79 Å². The molecule has 0 N–H and O–H groups in total. The van der Waals surface area contributed by atoms with Gasteiger partial charge in [0.05, 0.1) is 13.1 Å². The van der Waals surface area contributed by atoms with Gasteiger partial charge in [-0.2, -0.15) is 0 Å². The minimum atomic E-state index is 0.0567. The van der Waals surface area contributed by atoms with Gasteiger partial charge in [-0.25, -0.2) is 0 Å². The highest BCUT2D eigenvalue weighted by atomic mass is 16.2. The van der Waals surface area contributed by atoms with Crippen molar-refractivity contribution in [3.05, 3.63) is 0 Å². The van der Waals surface area contributed by atoms with Crippen LogP contribution < -0.4 is 0 Å². The van der Waals surface area contributed by atoms with E-state index in [1.165, 1.54) is 0 Å². The van der Waals surface area contributed by atoms with Crippen molar-refractivity contribution in [3.8, 4) is 11.8 Å². The third-order valence-electron chi connectivity index (χ3n) is 1.93. The fourth-order valence-electron chi connectivity index (χ4n) is 0.937. The van der Waals surface area contributed by atoms with Crippen molar-refractivity contribution in [2.75, 3.05) is 33.7 Å². The van der Waals surface area contributed by atoms with Crippen molar-refractivity contribution in [2.45, 2.75) is 20.3 Å². The Labute approximate surface area is 87.1 Å². The number of hydrogen-bond donors (Lipinski definition) is 0. The first kappa shape index (κ1) is 13.0. The van der Waals surface area contributed by atoms with Crippen LogP contribution in [0.3, 0.4) is 0 Å². The van der Waals surface area contributed by atoms with E-state index in [1.807, 2.05) is 7.05 Å². The van der Waals surface area contributed by atoms with Crippen molar-refractivity contribution >= 4 is 5.91 Å². The zero-order chi connectivity index (χ0) is 11.0. The van der Waals surface area contributed by atoms with E-state index in [4.69, 9.17) is 0 Å². The third kappa shape index (κ3) is 6.50. The quantitative estimate of drug-likeness (QED) is 0.621. The molecule has 0 unspecified atom stereocenters. The zero-order valence-corrected chi connectivity index (χ0v) is 9.63. The van der Waals surface area contributed by atoms with E-state index in [9.17, 15) is 4.79 Å². The molecule has 14 heavy (non-hydrogen) atoms. The fraction of sp³-hybridized carbons (Fsp3) is 0.727. The van der Waals surface area contributed by atoms with Gasteiger partial charge in [0.2, 0.25) is 5.91 Å². The summed E-state index contributed by atoms with van der Waals surface area (Å²) >= 11 is 0. The second-order valence-electron chi connectivity index (χ2n) is 3.47. The Morgan fingerprint density at radius 1 is 1.21 bits per heavy atom.